The molecule has 0 saturated heterocycles. The lowest BCUT2D eigenvalue weighted by Crippen LogP contribution is -2.38. The van der Waals surface area contributed by atoms with Gasteiger partial charge in [-0.15, -0.1) is 0 Å². The molecule has 0 aliphatic carbocycles. The first kappa shape index (κ1) is 6.92. The van der Waals surface area contributed by atoms with Crippen molar-refractivity contribution in [3.8, 4) is 0 Å². The van der Waals surface area contributed by atoms with E-state index in [0.717, 1.165) is 6.42 Å². The van der Waals surface area contributed by atoms with Crippen LogP contribution in [0.1, 0.15) is 20.3 Å². The molecule has 7 heavy (non-hydrogen) atoms. The maximum Gasteiger partial charge on any atom is 0.0186 e. The lowest BCUT2D eigenvalue weighted by molar-refractivity contribution is 0.545. The van der Waals surface area contributed by atoms with E-state index >= 15 is 0 Å². The zero-order chi connectivity index (χ0) is 5.86. The molecule has 0 heterocycles. The summed E-state index contributed by atoms with van der Waals surface area (Å²) in [6.45, 7) is 3.96. The SMILES string of the molecule is CC[C@@H](N)[C@H](C)N. The monoisotopic (exact) mass is 102 g/mol. The van der Waals surface area contributed by atoms with Crippen LogP contribution in [0.15, 0.2) is 0 Å². The Labute approximate surface area is 44.9 Å². The third-order valence-electron chi connectivity index (χ3n) is 1.15. The Morgan fingerprint density at radius 3 is 1.86 bits per heavy atom. The van der Waals surface area contributed by atoms with Gasteiger partial charge in [-0.2, -0.15) is 0 Å². The first-order valence-corrected chi connectivity index (χ1v) is 2.69. The summed E-state index contributed by atoms with van der Waals surface area (Å²) in [6.07, 6.45) is 0.970. The number of hydrogen-bond donors (Lipinski definition) is 2. The van der Waals surface area contributed by atoms with Crippen molar-refractivity contribution in [1.29, 1.82) is 0 Å². The van der Waals surface area contributed by atoms with Gasteiger partial charge in [0.15, 0.2) is 0 Å². The first-order chi connectivity index (χ1) is 3.18. The quantitative estimate of drug-likeness (QED) is 0.518. The second-order valence-corrected chi connectivity index (χ2v) is 1.93. The highest BCUT2D eigenvalue weighted by molar-refractivity contribution is 4.67. The number of rotatable bonds is 2. The second kappa shape index (κ2) is 2.99. The van der Waals surface area contributed by atoms with Crippen LogP contribution in [0, 0.1) is 0 Å². The molecule has 4 N–H and O–H groups in total. The van der Waals surface area contributed by atoms with Gasteiger partial charge in [0.05, 0.1) is 0 Å². The van der Waals surface area contributed by atoms with Gasteiger partial charge in [-0.05, 0) is 13.3 Å². The Morgan fingerprint density at radius 2 is 1.86 bits per heavy atom. The van der Waals surface area contributed by atoms with Gasteiger partial charge in [-0.3, -0.25) is 0 Å². The number of hydrogen-bond acceptors (Lipinski definition) is 2. The lowest BCUT2D eigenvalue weighted by Gasteiger charge is -2.11. The molecule has 44 valence electrons. The van der Waals surface area contributed by atoms with Crippen LogP contribution in [0.2, 0.25) is 0 Å². The highest BCUT2D eigenvalue weighted by Crippen LogP contribution is 1.88. The fraction of sp³-hybridized carbons (Fsp3) is 1.00. The fourth-order valence-corrected chi connectivity index (χ4v) is 0.372. The van der Waals surface area contributed by atoms with Crippen molar-refractivity contribution in [1.82, 2.24) is 0 Å². The summed E-state index contributed by atoms with van der Waals surface area (Å²) in [5, 5.41) is 0. The molecule has 2 heteroatoms. The summed E-state index contributed by atoms with van der Waals surface area (Å²) in [5.41, 5.74) is 10.9. The summed E-state index contributed by atoms with van der Waals surface area (Å²) >= 11 is 0. The second-order valence-electron chi connectivity index (χ2n) is 1.93. The van der Waals surface area contributed by atoms with Crippen molar-refractivity contribution >= 4 is 0 Å². The molecule has 2 nitrogen and oxygen atoms in total. The molecule has 0 aromatic carbocycles. The first-order valence-electron chi connectivity index (χ1n) is 2.69. The van der Waals surface area contributed by atoms with E-state index < -0.39 is 0 Å². The molecule has 0 unspecified atom stereocenters. The maximum absolute atomic E-state index is 5.49. The van der Waals surface area contributed by atoms with E-state index in [0.29, 0.717) is 0 Å². The molecular weight excluding hydrogens is 88.1 g/mol. The van der Waals surface area contributed by atoms with Gasteiger partial charge < -0.3 is 11.5 Å². The van der Waals surface area contributed by atoms with Crippen LogP contribution >= 0.6 is 0 Å². The Kier molecular flexibility index (Phi) is 2.96. The Morgan fingerprint density at radius 1 is 1.43 bits per heavy atom. The largest absolute Gasteiger partial charge is 0.327 e. The zero-order valence-electron chi connectivity index (χ0n) is 5.02. The molecule has 0 rings (SSSR count). The van der Waals surface area contributed by atoms with Crippen molar-refractivity contribution in [2.24, 2.45) is 11.5 Å². The van der Waals surface area contributed by atoms with E-state index in [1.807, 2.05) is 13.8 Å². The van der Waals surface area contributed by atoms with E-state index in [1.165, 1.54) is 0 Å². The summed E-state index contributed by atoms with van der Waals surface area (Å²) in [4.78, 5) is 0. The van der Waals surface area contributed by atoms with Gasteiger partial charge in [0, 0.05) is 12.1 Å². The molecule has 0 spiro atoms. The number of nitrogens with two attached hydrogens (primary N) is 2. The average molecular weight is 102 g/mol. The molecule has 0 saturated carbocycles. The Bertz CT molecular complexity index is 43.3. The van der Waals surface area contributed by atoms with E-state index in [4.69, 9.17) is 11.5 Å². The van der Waals surface area contributed by atoms with Crippen LogP contribution in [0.25, 0.3) is 0 Å². The maximum atomic E-state index is 5.49. The smallest absolute Gasteiger partial charge is 0.0186 e. The van der Waals surface area contributed by atoms with E-state index in [1.54, 1.807) is 0 Å². The van der Waals surface area contributed by atoms with E-state index in [9.17, 15) is 0 Å². The van der Waals surface area contributed by atoms with Gasteiger partial charge in [-0.25, -0.2) is 0 Å². The zero-order valence-corrected chi connectivity index (χ0v) is 5.02. The van der Waals surface area contributed by atoms with Crippen LogP contribution in [-0.4, -0.2) is 12.1 Å². The minimum absolute atomic E-state index is 0.144. The summed E-state index contributed by atoms with van der Waals surface area (Å²) in [6, 6.07) is 0.324. The Balaban J connectivity index is 3.14. The minimum atomic E-state index is 0.144. The molecule has 0 aliphatic heterocycles. The molecule has 0 aromatic heterocycles. The van der Waals surface area contributed by atoms with Gasteiger partial charge in [0.25, 0.3) is 0 Å². The molecule has 0 radical (unpaired) electrons. The molecule has 0 amide bonds. The van der Waals surface area contributed by atoms with E-state index in [2.05, 4.69) is 0 Å². The van der Waals surface area contributed by atoms with Gasteiger partial charge in [0.2, 0.25) is 0 Å². The minimum Gasteiger partial charge on any atom is -0.327 e. The topological polar surface area (TPSA) is 52.0 Å². The molecular formula is C5H14N2. The normalized spacial score (nSPS) is 18.9. The Hall–Kier alpha value is -0.0800. The van der Waals surface area contributed by atoms with Crippen molar-refractivity contribution in [2.75, 3.05) is 0 Å². The molecule has 0 fully saturated rings. The average Bonchev–Trinajstić information content (AvgIpc) is 1.65. The molecule has 0 aromatic rings. The third-order valence-corrected chi connectivity index (χ3v) is 1.15. The highest BCUT2D eigenvalue weighted by atomic mass is 14.8. The van der Waals surface area contributed by atoms with Crippen molar-refractivity contribution in [3.05, 3.63) is 0 Å². The van der Waals surface area contributed by atoms with Crippen LogP contribution in [-0.2, 0) is 0 Å². The van der Waals surface area contributed by atoms with Gasteiger partial charge in [-0.1, -0.05) is 6.92 Å². The summed E-state index contributed by atoms with van der Waals surface area (Å²) < 4.78 is 0. The van der Waals surface area contributed by atoms with Crippen molar-refractivity contribution < 1.29 is 0 Å². The molecule has 0 bridgehead atoms. The van der Waals surface area contributed by atoms with Crippen molar-refractivity contribution in [2.45, 2.75) is 32.4 Å². The van der Waals surface area contributed by atoms with Gasteiger partial charge >= 0.3 is 0 Å². The fourth-order valence-electron chi connectivity index (χ4n) is 0.372. The summed E-state index contributed by atoms with van der Waals surface area (Å²) in [7, 11) is 0. The van der Waals surface area contributed by atoms with Crippen LogP contribution in [0.5, 0.6) is 0 Å². The van der Waals surface area contributed by atoms with Gasteiger partial charge in [0.1, 0.15) is 0 Å². The molecule has 2 atom stereocenters. The van der Waals surface area contributed by atoms with Crippen LogP contribution in [0.4, 0.5) is 0 Å². The lowest BCUT2D eigenvalue weighted by atomic mass is 10.1. The van der Waals surface area contributed by atoms with Crippen molar-refractivity contribution in [3.63, 3.8) is 0 Å². The third kappa shape index (κ3) is 2.60. The predicted octanol–water partition coefficient (Wildman–Crippen LogP) is 0.0709. The standard InChI is InChI=1S/C5H14N2/c1-3-5(7)4(2)6/h4-5H,3,6-7H2,1-2H3/t4-,5+/m0/s1. The van der Waals surface area contributed by atoms with E-state index in [-0.39, 0.29) is 12.1 Å². The highest BCUT2D eigenvalue weighted by Gasteiger charge is 2.01. The van der Waals surface area contributed by atoms with Crippen LogP contribution < -0.4 is 11.5 Å². The summed E-state index contributed by atoms with van der Waals surface area (Å²) in [5.74, 6) is 0. The predicted molar refractivity (Wildman–Crippen MR) is 31.9 cm³/mol. The molecule has 0 aliphatic rings. The van der Waals surface area contributed by atoms with Crippen LogP contribution in [0.3, 0.4) is 0 Å².